The van der Waals surface area contributed by atoms with Gasteiger partial charge in [0.15, 0.2) is 6.29 Å². The van der Waals surface area contributed by atoms with Crippen LogP contribution in [0.2, 0.25) is 0 Å². The van der Waals surface area contributed by atoms with Crippen molar-refractivity contribution in [1.82, 2.24) is 0 Å². The van der Waals surface area contributed by atoms with E-state index in [-0.39, 0.29) is 6.29 Å². The molecule has 0 aliphatic carbocycles. The Morgan fingerprint density at radius 3 is 1.86 bits per heavy atom. The summed E-state index contributed by atoms with van der Waals surface area (Å²) in [6, 6.07) is 0. The molecule has 0 saturated carbocycles. The van der Waals surface area contributed by atoms with Crippen LogP contribution in [0, 0.1) is 0 Å². The van der Waals surface area contributed by atoms with Gasteiger partial charge in [0.1, 0.15) is 0 Å². The maximum Gasteiger partial charge on any atom is 0.165 e. The van der Waals surface area contributed by atoms with Gasteiger partial charge in [-0.2, -0.15) is 0 Å². The van der Waals surface area contributed by atoms with Gasteiger partial charge in [-0.1, -0.05) is 22.6 Å². The molecule has 0 radical (unpaired) electrons. The van der Waals surface area contributed by atoms with E-state index >= 15 is 0 Å². The van der Waals surface area contributed by atoms with Gasteiger partial charge >= 0.3 is 0 Å². The molecule has 44 valence electrons. The number of ether oxygens (including phenoxy) is 2. The van der Waals surface area contributed by atoms with Crippen LogP contribution in [0.5, 0.6) is 0 Å². The number of hydrogen-bond donors (Lipinski definition) is 0. The van der Waals surface area contributed by atoms with Gasteiger partial charge in [0.2, 0.25) is 0 Å². The minimum atomic E-state index is -0.0272. The number of alkyl halides is 1. The van der Waals surface area contributed by atoms with Gasteiger partial charge in [-0.15, -0.1) is 0 Å². The van der Waals surface area contributed by atoms with Crippen molar-refractivity contribution in [2.45, 2.75) is 6.29 Å². The summed E-state index contributed by atoms with van der Waals surface area (Å²) in [7, 11) is 3.26. The van der Waals surface area contributed by atoms with Crippen LogP contribution < -0.4 is 0 Å². The smallest absolute Gasteiger partial charge is 0.165 e. The van der Waals surface area contributed by atoms with E-state index in [1.165, 1.54) is 0 Å². The fourth-order valence-corrected chi connectivity index (χ4v) is 0.941. The number of halogens is 1. The SMILES string of the molecule is COC(CI)OC. The summed E-state index contributed by atoms with van der Waals surface area (Å²) < 4.78 is 10.5. The molecule has 0 aromatic carbocycles. The molecule has 0 bridgehead atoms. The van der Waals surface area contributed by atoms with E-state index in [0.717, 1.165) is 4.43 Å². The second-order valence-corrected chi connectivity index (χ2v) is 1.94. The Kier molecular flexibility index (Phi) is 5.25. The summed E-state index contributed by atoms with van der Waals surface area (Å²) >= 11 is 2.20. The van der Waals surface area contributed by atoms with E-state index in [1.807, 2.05) is 0 Å². The molecule has 0 spiro atoms. The summed E-state index contributed by atoms with van der Waals surface area (Å²) in [5.41, 5.74) is 0. The fraction of sp³-hybridized carbons (Fsp3) is 1.00. The monoisotopic (exact) mass is 216 g/mol. The van der Waals surface area contributed by atoms with Crippen molar-refractivity contribution in [1.29, 1.82) is 0 Å². The van der Waals surface area contributed by atoms with Crippen molar-refractivity contribution >= 4 is 22.6 Å². The summed E-state index contributed by atoms with van der Waals surface area (Å²) in [4.78, 5) is 0. The standard InChI is InChI=1S/C4H9IO2/c1-6-4(3-5)7-2/h4H,3H2,1-2H3. The quantitative estimate of drug-likeness (QED) is 0.398. The van der Waals surface area contributed by atoms with Gasteiger partial charge in [0.05, 0.1) is 4.43 Å². The Bertz CT molecular complexity index is 31.2. The van der Waals surface area contributed by atoms with Crippen LogP contribution in [0.25, 0.3) is 0 Å². The predicted octanol–water partition coefficient (Wildman–Crippen LogP) is 1.04. The van der Waals surface area contributed by atoms with Crippen LogP contribution in [0.15, 0.2) is 0 Å². The normalized spacial score (nSPS) is 10.3. The zero-order valence-electron chi connectivity index (χ0n) is 4.48. The molecule has 2 nitrogen and oxygen atoms in total. The maximum absolute atomic E-state index is 4.82. The second kappa shape index (κ2) is 4.80. The highest BCUT2D eigenvalue weighted by Gasteiger charge is 1.97. The Morgan fingerprint density at radius 2 is 1.86 bits per heavy atom. The lowest BCUT2D eigenvalue weighted by molar-refractivity contribution is -0.0822. The molecular weight excluding hydrogens is 207 g/mol. The zero-order valence-corrected chi connectivity index (χ0v) is 6.64. The Labute approximate surface area is 57.3 Å². The van der Waals surface area contributed by atoms with E-state index in [2.05, 4.69) is 22.6 Å². The van der Waals surface area contributed by atoms with Gasteiger partial charge in [-0.05, 0) is 0 Å². The molecule has 0 rings (SSSR count). The van der Waals surface area contributed by atoms with E-state index in [9.17, 15) is 0 Å². The minimum absolute atomic E-state index is 0.0272. The molecule has 0 aliphatic rings. The van der Waals surface area contributed by atoms with Gasteiger partial charge in [-0.25, -0.2) is 0 Å². The summed E-state index contributed by atoms with van der Waals surface area (Å²) in [5.74, 6) is 0. The minimum Gasteiger partial charge on any atom is -0.355 e. The lowest BCUT2D eigenvalue weighted by Gasteiger charge is -2.07. The zero-order chi connectivity index (χ0) is 5.70. The molecule has 0 heterocycles. The molecule has 0 unspecified atom stereocenters. The van der Waals surface area contributed by atoms with E-state index in [0.29, 0.717) is 0 Å². The van der Waals surface area contributed by atoms with Gasteiger partial charge in [-0.3, -0.25) is 0 Å². The number of methoxy groups -OCH3 is 2. The van der Waals surface area contributed by atoms with E-state index < -0.39 is 0 Å². The van der Waals surface area contributed by atoms with Crippen LogP contribution in [0.3, 0.4) is 0 Å². The Balaban J connectivity index is 2.99. The lowest BCUT2D eigenvalue weighted by Crippen LogP contribution is -2.13. The largest absolute Gasteiger partial charge is 0.355 e. The van der Waals surface area contributed by atoms with Crippen molar-refractivity contribution in [3.05, 3.63) is 0 Å². The summed E-state index contributed by atoms with van der Waals surface area (Å²) in [6.07, 6.45) is -0.0272. The van der Waals surface area contributed by atoms with Crippen molar-refractivity contribution in [2.75, 3.05) is 18.6 Å². The topological polar surface area (TPSA) is 18.5 Å². The van der Waals surface area contributed by atoms with E-state index in [4.69, 9.17) is 9.47 Å². The van der Waals surface area contributed by atoms with Crippen molar-refractivity contribution in [2.24, 2.45) is 0 Å². The molecule has 0 aromatic rings. The highest BCUT2D eigenvalue weighted by molar-refractivity contribution is 14.1. The van der Waals surface area contributed by atoms with Crippen LogP contribution in [-0.2, 0) is 9.47 Å². The van der Waals surface area contributed by atoms with Crippen LogP contribution in [0.4, 0.5) is 0 Å². The van der Waals surface area contributed by atoms with Crippen LogP contribution >= 0.6 is 22.6 Å². The first-order valence-electron chi connectivity index (χ1n) is 1.96. The highest BCUT2D eigenvalue weighted by Crippen LogP contribution is 1.94. The first-order chi connectivity index (χ1) is 3.35. The van der Waals surface area contributed by atoms with Crippen molar-refractivity contribution < 1.29 is 9.47 Å². The van der Waals surface area contributed by atoms with Gasteiger partial charge in [0, 0.05) is 14.2 Å². The Morgan fingerprint density at radius 1 is 1.43 bits per heavy atom. The molecule has 0 saturated heterocycles. The molecule has 0 amide bonds. The van der Waals surface area contributed by atoms with Crippen LogP contribution in [0.1, 0.15) is 0 Å². The number of hydrogen-bond acceptors (Lipinski definition) is 2. The molecule has 0 aliphatic heterocycles. The first-order valence-corrected chi connectivity index (χ1v) is 3.49. The maximum atomic E-state index is 4.82. The molecule has 0 aromatic heterocycles. The summed E-state index contributed by atoms with van der Waals surface area (Å²) in [6.45, 7) is 0. The first kappa shape index (κ1) is 7.65. The van der Waals surface area contributed by atoms with Crippen molar-refractivity contribution in [3.8, 4) is 0 Å². The lowest BCUT2D eigenvalue weighted by atomic mass is 10.8. The molecule has 0 fully saturated rings. The Hall–Kier alpha value is 0.650. The summed E-state index contributed by atoms with van der Waals surface area (Å²) in [5, 5.41) is 0. The third-order valence-electron chi connectivity index (χ3n) is 0.652. The second-order valence-electron chi connectivity index (χ2n) is 1.06. The van der Waals surface area contributed by atoms with E-state index in [1.54, 1.807) is 14.2 Å². The molecule has 3 heteroatoms. The highest BCUT2D eigenvalue weighted by atomic mass is 127. The van der Waals surface area contributed by atoms with Crippen molar-refractivity contribution in [3.63, 3.8) is 0 Å². The van der Waals surface area contributed by atoms with Gasteiger partial charge < -0.3 is 9.47 Å². The third-order valence-corrected chi connectivity index (χ3v) is 1.37. The number of rotatable bonds is 3. The van der Waals surface area contributed by atoms with Gasteiger partial charge in [0.25, 0.3) is 0 Å². The average molecular weight is 216 g/mol. The average Bonchev–Trinajstić information content (AvgIpc) is 1.72. The molecule has 7 heavy (non-hydrogen) atoms. The van der Waals surface area contributed by atoms with Crippen LogP contribution in [-0.4, -0.2) is 24.9 Å². The predicted molar refractivity (Wildman–Crippen MR) is 36.7 cm³/mol. The molecule has 0 N–H and O–H groups in total. The fourth-order valence-electron chi connectivity index (χ4n) is 0.222. The third kappa shape index (κ3) is 3.25. The molecule has 0 atom stereocenters. The molecular formula is C4H9IO2.